The lowest BCUT2D eigenvalue weighted by molar-refractivity contribution is -0.598. The molecule has 0 spiro atoms. The van der Waals surface area contributed by atoms with E-state index in [1.165, 1.54) is 16.3 Å². The maximum atomic E-state index is 6.61. The highest BCUT2D eigenvalue weighted by Crippen LogP contribution is 2.37. The van der Waals surface area contributed by atoms with Crippen LogP contribution in [0.3, 0.4) is 0 Å². The molecule has 0 unspecified atom stereocenters. The van der Waals surface area contributed by atoms with Crippen molar-refractivity contribution in [2.24, 2.45) is 0 Å². The summed E-state index contributed by atoms with van der Waals surface area (Å²) in [6.45, 7) is 4.51. The minimum Gasteiger partial charge on any atom is -0.458 e. The second-order valence-corrected chi connectivity index (χ2v) is 13.7. The Morgan fingerprint density at radius 2 is 1.30 bits per heavy atom. The summed E-state index contributed by atoms with van der Waals surface area (Å²) in [7, 11) is 0. The van der Waals surface area contributed by atoms with Crippen LogP contribution < -0.4 is 9.30 Å². The van der Waals surface area contributed by atoms with E-state index in [9.17, 15) is 0 Å². The molecule has 262 valence electrons. The molecule has 9 rings (SSSR count). The van der Waals surface area contributed by atoms with Gasteiger partial charge in [0.1, 0.15) is 17.3 Å². The summed E-state index contributed by atoms with van der Waals surface area (Å²) >= 11 is 0. The average Bonchev–Trinajstić information content (AvgIpc) is 3.85. The molecule has 3 aromatic heterocycles. The molecule has 0 aliphatic rings. The predicted octanol–water partition coefficient (Wildman–Crippen LogP) is 12.1. The van der Waals surface area contributed by atoms with Gasteiger partial charge in [0.15, 0.2) is 0 Å². The number of ether oxygens (including phenoxy) is 1. The number of benzene rings is 6. The zero-order valence-electron chi connectivity index (χ0n) is 30.4. The molecule has 0 saturated carbocycles. The molecule has 0 aliphatic heterocycles. The second-order valence-electron chi connectivity index (χ2n) is 13.7. The highest BCUT2D eigenvalue weighted by molar-refractivity contribution is 6.09. The van der Waals surface area contributed by atoms with Gasteiger partial charge in [-0.1, -0.05) is 117 Å². The van der Waals surface area contributed by atoms with Crippen LogP contribution >= 0.6 is 0 Å². The van der Waals surface area contributed by atoms with Crippen molar-refractivity contribution in [3.8, 4) is 50.9 Å². The van der Waals surface area contributed by atoms with Crippen molar-refractivity contribution in [3.63, 3.8) is 0 Å². The maximum Gasteiger partial charge on any atom is 0.268 e. The van der Waals surface area contributed by atoms with Crippen LogP contribution in [0, 0.1) is 6.33 Å². The molecule has 0 N–H and O–H groups in total. The molecule has 54 heavy (non-hydrogen) atoms. The van der Waals surface area contributed by atoms with E-state index < -0.39 is 0 Å². The van der Waals surface area contributed by atoms with Crippen molar-refractivity contribution in [2.45, 2.75) is 32.6 Å². The van der Waals surface area contributed by atoms with E-state index in [-0.39, 0.29) is 0 Å². The summed E-state index contributed by atoms with van der Waals surface area (Å²) in [6.07, 6.45) is 11.9. The first kappa shape index (κ1) is 33.1. The molecule has 0 bridgehead atoms. The highest BCUT2D eigenvalue weighted by atomic mass is 16.5. The molecule has 0 fully saturated rings. The Kier molecular flexibility index (Phi) is 8.81. The Morgan fingerprint density at radius 1 is 0.630 bits per heavy atom. The van der Waals surface area contributed by atoms with E-state index in [0.29, 0.717) is 5.92 Å². The summed E-state index contributed by atoms with van der Waals surface area (Å²) in [4.78, 5) is 4.87. The molecule has 5 nitrogen and oxygen atoms in total. The molecule has 0 aliphatic carbocycles. The van der Waals surface area contributed by atoms with Gasteiger partial charge in [-0.25, -0.2) is 4.98 Å². The van der Waals surface area contributed by atoms with Gasteiger partial charge in [0.05, 0.1) is 22.4 Å². The smallest absolute Gasteiger partial charge is 0.268 e. The number of hydrogen-bond acceptors (Lipinski definition) is 2. The summed E-state index contributed by atoms with van der Waals surface area (Å²) < 4.78 is 13.0. The van der Waals surface area contributed by atoms with Crippen molar-refractivity contribution >= 4 is 21.8 Å². The van der Waals surface area contributed by atoms with E-state index in [1.54, 1.807) is 0 Å². The van der Waals surface area contributed by atoms with Gasteiger partial charge >= 0.3 is 0 Å². The number of para-hydroxylation sites is 2. The zero-order valence-corrected chi connectivity index (χ0v) is 30.4. The Morgan fingerprint density at radius 3 is 2.04 bits per heavy atom. The van der Waals surface area contributed by atoms with Crippen LogP contribution in [0.15, 0.2) is 176 Å². The van der Waals surface area contributed by atoms with Crippen molar-refractivity contribution in [1.29, 1.82) is 0 Å². The largest absolute Gasteiger partial charge is 0.458 e. The van der Waals surface area contributed by atoms with Gasteiger partial charge < -0.3 is 4.74 Å². The summed E-state index contributed by atoms with van der Waals surface area (Å²) in [6, 6.07) is 55.0. The van der Waals surface area contributed by atoms with E-state index in [2.05, 4.69) is 181 Å². The van der Waals surface area contributed by atoms with E-state index in [4.69, 9.17) is 9.72 Å². The van der Waals surface area contributed by atoms with Crippen LogP contribution in [0.25, 0.3) is 61.3 Å². The van der Waals surface area contributed by atoms with Crippen LogP contribution in [0.5, 0.6) is 11.5 Å². The Balaban J connectivity index is 1.08. The quantitative estimate of drug-likeness (QED) is 0.105. The predicted molar refractivity (Wildman–Crippen MR) is 219 cm³/mol. The van der Waals surface area contributed by atoms with Gasteiger partial charge in [0, 0.05) is 35.4 Å². The van der Waals surface area contributed by atoms with Crippen LogP contribution in [-0.2, 0) is 0 Å². The fourth-order valence-corrected chi connectivity index (χ4v) is 7.75. The van der Waals surface area contributed by atoms with Crippen molar-refractivity contribution in [1.82, 2.24) is 14.1 Å². The molecule has 6 aromatic carbocycles. The molecule has 5 heteroatoms. The highest BCUT2D eigenvalue weighted by Gasteiger charge is 2.18. The average molecular weight is 701 g/mol. The van der Waals surface area contributed by atoms with Gasteiger partial charge in [-0.3, -0.25) is 13.7 Å². The standard InChI is InChI=1S/C49H40N4O/c1-3-35(4-2)38-27-28-50-48(31-38)53-46-24-12-11-21-44(46)45-26-25-41(33-47(45)53)54-40-20-13-19-39(32-40)51-29-30-52(34-51)49-42(36-15-7-5-8-16-36)22-14-23-43(49)37-17-9-6-10-18-37/h5-33,35H,3-4H2,1-2H3. The van der Waals surface area contributed by atoms with Crippen LogP contribution in [-0.4, -0.2) is 14.1 Å². The van der Waals surface area contributed by atoms with Gasteiger partial charge in [-0.15, -0.1) is 0 Å². The lowest BCUT2D eigenvalue weighted by atomic mass is 9.95. The lowest BCUT2D eigenvalue weighted by Gasteiger charge is -2.16. The first-order valence-corrected chi connectivity index (χ1v) is 18.7. The first-order valence-electron chi connectivity index (χ1n) is 18.7. The third kappa shape index (κ3) is 6.14. The fourth-order valence-electron chi connectivity index (χ4n) is 7.75. The number of imidazole rings is 1. The molecule has 0 atom stereocenters. The molecule has 3 heterocycles. The van der Waals surface area contributed by atoms with E-state index in [0.717, 1.165) is 74.8 Å². The topological polar surface area (TPSA) is 35.9 Å². The molecule has 0 radical (unpaired) electrons. The Hall–Kier alpha value is -6.72. The van der Waals surface area contributed by atoms with Crippen LogP contribution in [0.1, 0.15) is 38.2 Å². The van der Waals surface area contributed by atoms with Gasteiger partial charge in [-0.05, 0) is 95.1 Å². The second kappa shape index (κ2) is 14.4. The van der Waals surface area contributed by atoms with Crippen molar-refractivity contribution < 1.29 is 9.30 Å². The Labute approximate surface area is 316 Å². The van der Waals surface area contributed by atoms with Crippen LogP contribution in [0.2, 0.25) is 0 Å². The number of pyridine rings is 1. The normalized spacial score (nSPS) is 11.5. The molecule has 0 saturated heterocycles. The summed E-state index contributed by atoms with van der Waals surface area (Å²) in [5, 5.41) is 2.36. The number of fused-ring (bicyclic) bond motifs is 3. The monoisotopic (exact) mass is 700 g/mol. The van der Waals surface area contributed by atoms with E-state index >= 15 is 0 Å². The SMILES string of the molecule is CCC(CC)c1ccnc(-n2c3ccccc3c3ccc(Oc4cccc(-n5[c-][n+](-c6c(-c7ccccc7)cccc6-c6ccccc6)cc5)c4)cc32)c1. The summed E-state index contributed by atoms with van der Waals surface area (Å²) in [5.74, 6) is 2.93. The zero-order chi connectivity index (χ0) is 36.4. The first-order chi connectivity index (χ1) is 26.7. The number of nitrogens with zero attached hydrogens (tertiary/aromatic N) is 4. The fraction of sp³-hybridized carbons (Fsp3) is 0.102. The van der Waals surface area contributed by atoms with Crippen LogP contribution in [0.4, 0.5) is 0 Å². The number of rotatable bonds is 10. The van der Waals surface area contributed by atoms with Gasteiger partial charge in [0.25, 0.3) is 6.33 Å². The molecule has 9 aromatic rings. The Bertz CT molecular complexity index is 2670. The minimum absolute atomic E-state index is 0.502. The number of aromatic nitrogens is 4. The third-order valence-corrected chi connectivity index (χ3v) is 10.5. The van der Waals surface area contributed by atoms with Crippen molar-refractivity contribution in [2.75, 3.05) is 0 Å². The molecular weight excluding hydrogens is 661 g/mol. The maximum absolute atomic E-state index is 6.61. The van der Waals surface area contributed by atoms with Gasteiger partial charge in [0.2, 0.25) is 0 Å². The van der Waals surface area contributed by atoms with E-state index in [1.807, 2.05) is 29.1 Å². The summed E-state index contributed by atoms with van der Waals surface area (Å²) in [5.41, 5.74) is 10.1. The lowest BCUT2D eigenvalue weighted by Crippen LogP contribution is -2.30. The van der Waals surface area contributed by atoms with Crippen molar-refractivity contribution in [3.05, 3.63) is 188 Å². The minimum atomic E-state index is 0.502. The van der Waals surface area contributed by atoms with Gasteiger partial charge in [-0.2, -0.15) is 0 Å². The molecule has 0 amide bonds. The number of hydrogen-bond donors (Lipinski definition) is 0. The third-order valence-electron chi connectivity index (χ3n) is 10.5. The molecular formula is C49H40N4O.